The van der Waals surface area contributed by atoms with Gasteiger partial charge in [0, 0.05) is 44.9 Å². The minimum atomic E-state index is 0.226. The van der Waals surface area contributed by atoms with Crippen molar-refractivity contribution in [3.05, 3.63) is 54.0 Å². The van der Waals surface area contributed by atoms with Crippen molar-refractivity contribution in [2.45, 2.75) is 45.8 Å². The summed E-state index contributed by atoms with van der Waals surface area (Å²) in [6.07, 6.45) is 10.2. The molecule has 0 radical (unpaired) electrons. The molecule has 0 bridgehead atoms. The van der Waals surface area contributed by atoms with Gasteiger partial charge in [-0.15, -0.1) is 0 Å². The van der Waals surface area contributed by atoms with Crippen LogP contribution in [0.2, 0.25) is 0 Å². The van der Waals surface area contributed by atoms with E-state index in [1.807, 2.05) is 12.4 Å². The molecule has 1 fully saturated rings. The number of fused-ring (bicyclic) bond motifs is 1. The zero-order valence-corrected chi connectivity index (χ0v) is 15.6. The monoisotopic (exact) mass is 353 g/mol. The number of nitrogens with zero attached hydrogens (tertiary/aromatic N) is 4. The highest BCUT2D eigenvalue weighted by atomic mass is 16.5. The lowest BCUT2D eigenvalue weighted by Gasteiger charge is -2.31. The average Bonchev–Trinajstić information content (AvgIpc) is 3.30. The van der Waals surface area contributed by atoms with Gasteiger partial charge in [-0.2, -0.15) is 0 Å². The van der Waals surface area contributed by atoms with Gasteiger partial charge >= 0.3 is 0 Å². The molecule has 3 aromatic heterocycles. The number of nitrogens with one attached hydrogen (secondary N) is 1. The molecule has 0 amide bonds. The Kier molecular flexibility index (Phi) is 5.04. The lowest BCUT2D eigenvalue weighted by Crippen LogP contribution is -2.34. The van der Waals surface area contributed by atoms with E-state index in [1.54, 1.807) is 0 Å². The number of imidazole rings is 2. The molecule has 1 aliphatic rings. The molecule has 1 saturated heterocycles. The van der Waals surface area contributed by atoms with E-state index in [1.165, 1.54) is 11.3 Å². The molecule has 4 rings (SSSR count). The number of hydrogen-bond donors (Lipinski definition) is 1. The molecule has 0 spiro atoms. The second kappa shape index (κ2) is 7.60. The highest BCUT2D eigenvalue weighted by Crippen LogP contribution is 2.29. The molecule has 26 heavy (non-hydrogen) atoms. The Hall–Kier alpha value is -2.18. The fraction of sp³-hybridized carbons (Fsp3) is 0.500. The molecule has 1 atom stereocenters. The summed E-state index contributed by atoms with van der Waals surface area (Å²) < 4.78 is 9.99. The third kappa shape index (κ3) is 3.39. The second-order valence-electron chi connectivity index (χ2n) is 7.06. The van der Waals surface area contributed by atoms with Crippen LogP contribution in [0.25, 0.3) is 5.65 Å². The number of aromatic nitrogens is 4. The predicted octanol–water partition coefficient (Wildman–Crippen LogP) is 3.12. The molecule has 138 valence electrons. The van der Waals surface area contributed by atoms with Crippen LogP contribution in [0.15, 0.2) is 36.9 Å². The Bertz CT molecular complexity index is 862. The number of pyridine rings is 1. The average molecular weight is 353 g/mol. The van der Waals surface area contributed by atoms with Crippen molar-refractivity contribution < 1.29 is 4.74 Å². The van der Waals surface area contributed by atoms with Gasteiger partial charge in [0.05, 0.1) is 17.9 Å². The molecule has 1 N–H and O–H groups in total. The van der Waals surface area contributed by atoms with E-state index in [-0.39, 0.29) is 6.04 Å². The van der Waals surface area contributed by atoms with Crippen LogP contribution in [-0.4, -0.2) is 32.1 Å². The number of hydrogen-bond acceptors (Lipinski definition) is 4. The fourth-order valence-electron chi connectivity index (χ4n) is 3.87. The summed E-state index contributed by atoms with van der Waals surface area (Å²) in [6.45, 7) is 7.66. The minimum Gasteiger partial charge on any atom is -0.381 e. The lowest BCUT2D eigenvalue weighted by atomic mass is 9.91. The Morgan fingerprint density at radius 1 is 1.27 bits per heavy atom. The summed E-state index contributed by atoms with van der Waals surface area (Å²) >= 11 is 0. The number of aryl methyl sites for hydroxylation is 2. The van der Waals surface area contributed by atoms with Gasteiger partial charge in [0.1, 0.15) is 11.5 Å². The minimum absolute atomic E-state index is 0.226. The Morgan fingerprint density at radius 2 is 2.12 bits per heavy atom. The van der Waals surface area contributed by atoms with Gasteiger partial charge in [-0.3, -0.25) is 0 Å². The number of ether oxygens (including phenoxy) is 1. The van der Waals surface area contributed by atoms with Crippen LogP contribution < -0.4 is 5.32 Å². The molecule has 0 saturated carbocycles. The van der Waals surface area contributed by atoms with Gasteiger partial charge in [-0.25, -0.2) is 9.97 Å². The first-order valence-corrected chi connectivity index (χ1v) is 9.51. The molecular formula is C20H27N5O. The van der Waals surface area contributed by atoms with Crippen LogP contribution in [0.1, 0.15) is 42.9 Å². The van der Waals surface area contributed by atoms with Gasteiger partial charge in [0.15, 0.2) is 0 Å². The topological polar surface area (TPSA) is 56.4 Å². The zero-order chi connectivity index (χ0) is 17.9. The van der Waals surface area contributed by atoms with Crippen LogP contribution in [0, 0.1) is 12.8 Å². The molecular weight excluding hydrogens is 326 g/mol. The maximum Gasteiger partial charge on any atom is 0.136 e. The second-order valence-corrected chi connectivity index (χ2v) is 7.06. The summed E-state index contributed by atoms with van der Waals surface area (Å²) in [5.74, 6) is 1.67. The fourth-order valence-corrected chi connectivity index (χ4v) is 3.87. The molecule has 6 heteroatoms. The van der Waals surface area contributed by atoms with Crippen LogP contribution in [-0.2, 0) is 17.8 Å². The SMILES string of the molecule is CCn1ccnc1[C@H](NCc1cnc2ccc(C)cn12)C1CCOCC1. The quantitative estimate of drug-likeness (QED) is 0.740. The highest BCUT2D eigenvalue weighted by molar-refractivity contribution is 5.41. The Labute approximate surface area is 154 Å². The first-order chi connectivity index (χ1) is 12.8. The van der Waals surface area contributed by atoms with Crippen LogP contribution in [0.3, 0.4) is 0 Å². The highest BCUT2D eigenvalue weighted by Gasteiger charge is 2.28. The van der Waals surface area contributed by atoms with Crippen LogP contribution >= 0.6 is 0 Å². The maximum absolute atomic E-state index is 5.58. The standard InChI is InChI=1S/C20H27N5O/c1-3-24-9-8-21-20(24)19(16-6-10-26-11-7-16)23-13-17-12-22-18-5-4-15(2)14-25(17)18/h4-5,8-9,12,14,16,19,23H,3,6-7,10-11,13H2,1-2H3/t19-/m1/s1. The van der Waals surface area contributed by atoms with Gasteiger partial charge in [-0.1, -0.05) is 6.07 Å². The van der Waals surface area contributed by atoms with Gasteiger partial charge in [0.25, 0.3) is 0 Å². The zero-order valence-electron chi connectivity index (χ0n) is 15.6. The van der Waals surface area contributed by atoms with Crippen molar-refractivity contribution in [3.8, 4) is 0 Å². The van der Waals surface area contributed by atoms with Crippen molar-refractivity contribution in [3.63, 3.8) is 0 Å². The summed E-state index contributed by atoms with van der Waals surface area (Å²) in [7, 11) is 0. The molecule has 4 heterocycles. The summed E-state index contributed by atoms with van der Waals surface area (Å²) in [6, 6.07) is 4.39. The van der Waals surface area contributed by atoms with Gasteiger partial charge in [-0.05, 0) is 44.2 Å². The Balaban J connectivity index is 1.58. The van der Waals surface area contributed by atoms with Crippen molar-refractivity contribution in [2.24, 2.45) is 5.92 Å². The summed E-state index contributed by atoms with van der Waals surface area (Å²) in [4.78, 5) is 9.20. The normalized spacial score (nSPS) is 17.0. The first-order valence-electron chi connectivity index (χ1n) is 9.51. The largest absolute Gasteiger partial charge is 0.381 e. The van der Waals surface area contributed by atoms with E-state index < -0.39 is 0 Å². The number of rotatable bonds is 6. The molecule has 0 aliphatic carbocycles. The van der Waals surface area contributed by atoms with Gasteiger partial charge in [0.2, 0.25) is 0 Å². The predicted molar refractivity (Wildman–Crippen MR) is 101 cm³/mol. The third-order valence-electron chi connectivity index (χ3n) is 5.34. The van der Waals surface area contributed by atoms with Crippen molar-refractivity contribution in [1.82, 2.24) is 24.3 Å². The summed E-state index contributed by atoms with van der Waals surface area (Å²) in [5, 5.41) is 3.78. The smallest absolute Gasteiger partial charge is 0.136 e. The lowest BCUT2D eigenvalue weighted by molar-refractivity contribution is 0.0516. The summed E-state index contributed by atoms with van der Waals surface area (Å²) in [5.41, 5.74) is 3.40. The third-order valence-corrected chi connectivity index (χ3v) is 5.34. The molecule has 0 aromatic carbocycles. The van der Waals surface area contributed by atoms with E-state index in [0.717, 1.165) is 50.6 Å². The molecule has 0 unspecified atom stereocenters. The Morgan fingerprint density at radius 3 is 2.92 bits per heavy atom. The van der Waals surface area contributed by atoms with Crippen molar-refractivity contribution in [2.75, 3.05) is 13.2 Å². The van der Waals surface area contributed by atoms with Gasteiger partial charge < -0.3 is 19.0 Å². The molecule has 6 nitrogen and oxygen atoms in total. The van der Waals surface area contributed by atoms with E-state index >= 15 is 0 Å². The van der Waals surface area contributed by atoms with Crippen molar-refractivity contribution >= 4 is 5.65 Å². The molecule has 3 aromatic rings. The van der Waals surface area contributed by atoms with Crippen molar-refractivity contribution in [1.29, 1.82) is 0 Å². The van der Waals surface area contributed by atoms with E-state index in [9.17, 15) is 0 Å². The van der Waals surface area contributed by atoms with E-state index in [2.05, 4.69) is 62.6 Å². The van der Waals surface area contributed by atoms with Crippen LogP contribution in [0.5, 0.6) is 0 Å². The first kappa shape index (κ1) is 17.2. The van der Waals surface area contributed by atoms with Crippen LogP contribution in [0.4, 0.5) is 0 Å². The maximum atomic E-state index is 5.58. The van der Waals surface area contributed by atoms with E-state index in [0.29, 0.717) is 5.92 Å². The molecule has 1 aliphatic heterocycles. The van der Waals surface area contributed by atoms with E-state index in [4.69, 9.17) is 4.74 Å².